The summed E-state index contributed by atoms with van der Waals surface area (Å²) in [6, 6.07) is 1.49. The van der Waals surface area contributed by atoms with Gasteiger partial charge < -0.3 is 15.4 Å². The molecule has 0 spiro atoms. The smallest absolute Gasteiger partial charge is 0.376 e. The van der Waals surface area contributed by atoms with Crippen molar-refractivity contribution in [3.63, 3.8) is 0 Å². The van der Waals surface area contributed by atoms with Crippen molar-refractivity contribution in [1.82, 2.24) is 15.3 Å². The van der Waals surface area contributed by atoms with Crippen molar-refractivity contribution >= 4 is 23.4 Å². The van der Waals surface area contributed by atoms with Gasteiger partial charge in [-0.05, 0) is 13.1 Å². The second-order valence-electron chi connectivity index (χ2n) is 3.04. The van der Waals surface area contributed by atoms with E-state index in [0.717, 1.165) is 0 Å². The Kier molecular flexibility index (Phi) is 5.66. The van der Waals surface area contributed by atoms with Crippen molar-refractivity contribution in [2.45, 2.75) is 6.92 Å². The van der Waals surface area contributed by atoms with Crippen LogP contribution in [-0.2, 0) is 4.74 Å². The van der Waals surface area contributed by atoms with Crippen LogP contribution >= 0.6 is 11.6 Å². The highest BCUT2D eigenvalue weighted by Crippen LogP contribution is 2.11. The fourth-order valence-electron chi connectivity index (χ4n) is 1.00. The Bertz CT molecular complexity index is 474. The summed E-state index contributed by atoms with van der Waals surface area (Å²) in [6.07, 6.45) is 6.87. The van der Waals surface area contributed by atoms with Gasteiger partial charge >= 0.3 is 5.97 Å². The van der Waals surface area contributed by atoms with E-state index in [1.807, 2.05) is 13.0 Å². The van der Waals surface area contributed by atoms with Crippen LogP contribution in [0.4, 0.5) is 5.82 Å². The van der Waals surface area contributed by atoms with Crippen molar-refractivity contribution in [1.29, 1.82) is 0 Å². The number of carbonyl (C=O) groups is 1. The molecule has 0 amide bonds. The van der Waals surface area contributed by atoms with E-state index in [1.54, 1.807) is 18.6 Å². The summed E-state index contributed by atoms with van der Waals surface area (Å²) >= 11 is 5.76. The molecule has 0 aromatic carbocycles. The number of ether oxygens (including phenoxy) is 1. The highest BCUT2D eigenvalue weighted by atomic mass is 35.5. The Hall–Kier alpha value is -2.08. The van der Waals surface area contributed by atoms with Gasteiger partial charge in [0.2, 0.25) is 5.82 Å². The molecule has 0 aliphatic rings. The lowest BCUT2D eigenvalue weighted by Gasteiger charge is -2.03. The maximum atomic E-state index is 11.3. The van der Waals surface area contributed by atoms with Crippen LogP contribution in [0, 0.1) is 0 Å². The van der Waals surface area contributed by atoms with E-state index in [9.17, 15) is 4.79 Å². The molecule has 1 rings (SSSR count). The van der Waals surface area contributed by atoms with Gasteiger partial charge in [-0.15, -0.1) is 0 Å². The van der Waals surface area contributed by atoms with Gasteiger partial charge in [-0.25, -0.2) is 14.8 Å². The number of rotatable bonds is 5. The molecule has 0 aliphatic heterocycles. The molecular weight excluding hydrogens is 256 g/mol. The Labute approximate surface area is 110 Å². The summed E-state index contributed by atoms with van der Waals surface area (Å²) in [5.74, 6) is -0.340. The van der Waals surface area contributed by atoms with Crippen LogP contribution < -0.4 is 10.6 Å². The summed E-state index contributed by atoms with van der Waals surface area (Å²) in [4.78, 5) is 19.0. The van der Waals surface area contributed by atoms with Crippen molar-refractivity contribution in [2.24, 2.45) is 0 Å². The van der Waals surface area contributed by atoms with Crippen molar-refractivity contribution in [3.8, 4) is 0 Å². The molecule has 0 fully saturated rings. The number of anilines is 1. The first-order chi connectivity index (χ1) is 8.67. The Morgan fingerprint density at radius 3 is 2.83 bits per heavy atom. The maximum Gasteiger partial charge on any atom is 0.376 e. The molecule has 1 aromatic rings. The molecule has 0 saturated heterocycles. The number of nitrogens with zero attached hydrogens (tertiary/aromatic N) is 2. The first kappa shape index (κ1) is 14.0. The summed E-state index contributed by atoms with van der Waals surface area (Å²) < 4.78 is 4.51. The molecular formula is C11H13ClN4O2. The molecule has 0 saturated carbocycles. The van der Waals surface area contributed by atoms with Gasteiger partial charge in [0.1, 0.15) is 11.0 Å². The predicted octanol–water partition coefficient (Wildman–Crippen LogP) is 1.92. The second-order valence-corrected chi connectivity index (χ2v) is 3.42. The van der Waals surface area contributed by atoms with Crippen molar-refractivity contribution in [3.05, 3.63) is 41.7 Å². The number of hydrogen-bond acceptors (Lipinski definition) is 6. The standard InChI is InChI=1S/C11H13ClN4O2/c1-3-4-13-5-6-14-9-7-8(12)15-10(16-9)11(17)18-2/h3-7,13H,1-2H3,(H,14,15,16)/b4-3-,6-5+. The third kappa shape index (κ3) is 4.42. The number of carbonyl (C=O) groups excluding carboxylic acids is 1. The monoisotopic (exact) mass is 268 g/mol. The number of methoxy groups -OCH3 is 1. The van der Waals surface area contributed by atoms with E-state index in [4.69, 9.17) is 11.6 Å². The molecule has 1 aromatic heterocycles. The Balaban J connectivity index is 2.74. The molecule has 0 bridgehead atoms. The van der Waals surface area contributed by atoms with Gasteiger partial charge in [0.25, 0.3) is 0 Å². The first-order valence-electron chi connectivity index (χ1n) is 5.09. The molecule has 18 heavy (non-hydrogen) atoms. The average molecular weight is 269 g/mol. The van der Waals surface area contributed by atoms with Gasteiger partial charge in [0.15, 0.2) is 0 Å². The van der Waals surface area contributed by atoms with Crippen LogP contribution in [0.1, 0.15) is 17.5 Å². The van der Waals surface area contributed by atoms with E-state index in [1.165, 1.54) is 13.2 Å². The SMILES string of the molecule is C/C=C\N/C=C/Nc1cc(Cl)nc(C(=O)OC)n1. The summed E-state index contributed by atoms with van der Waals surface area (Å²) in [5.41, 5.74) is 0. The minimum absolute atomic E-state index is 0.0951. The molecule has 96 valence electrons. The van der Waals surface area contributed by atoms with Gasteiger partial charge in [-0.3, -0.25) is 0 Å². The normalized spacial score (nSPS) is 10.8. The van der Waals surface area contributed by atoms with Crippen LogP contribution in [-0.4, -0.2) is 23.0 Å². The quantitative estimate of drug-likeness (QED) is 0.628. The Morgan fingerprint density at radius 2 is 2.17 bits per heavy atom. The van der Waals surface area contributed by atoms with Gasteiger partial charge in [-0.2, -0.15) is 0 Å². The topological polar surface area (TPSA) is 76.1 Å². The molecule has 2 N–H and O–H groups in total. The van der Waals surface area contributed by atoms with Gasteiger partial charge in [0, 0.05) is 18.5 Å². The highest BCUT2D eigenvalue weighted by molar-refractivity contribution is 6.29. The lowest BCUT2D eigenvalue weighted by Crippen LogP contribution is -2.09. The number of nitrogens with one attached hydrogen (secondary N) is 2. The van der Waals surface area contributed by atoms with Crippen molar-refractivity contribution in [2.75, 3.05) is 12.4 Å². The zero-order valence-electron chi connectivity index (χ0n) is 9.98. The zero-order chi connectivity index (χ0) is 13.4. The molecule has 0 aliphatic carbocycles. The Morgan fingerprint density at radius 1 is 1.39 bits per heavy atom. The van der Waals surface area contributed by atoms with E-state index in [0.29, 0.717) is 5.82 Å². The fourth-order valence-corrected chi connectivity index (χ4v) is 1.18. The molecule has 0 radical (unpaired) electrons. The summed E-state index contributed by atoms with van der Waals surface area (Å²) in [7, 11) is 1.25. The minimum Gasteiger partial charge on any atom is -0.463 e. The average Bonchev–Trinajstić information content (AvgIpc) is 2.37. The van der Waals surface area contributed by atoms with Crippen LogP contribution in [0.15, 0.2) is 30.7 Å². The zero-order valence-corrected chi connectivity index (χ0v) is 10.7. The lowest BCUT2D eigenvalue weighted by molar-refractivity contribution is 0.0587. The number of esters is 1. The lowest BCUT2D eigenvalue weighted by atomic mass is 10.5. The van der Waals surface area contributed by atoms with Crippen LogP contribution in [0.25, 0.3) is 0 Å². The van der Waals surface area contributed by atoms with E-state index in [2.05, 4.69) is 25.3 Å². The van der Waals surface area contributed by atoms with Crippen LogP contribution in [0.5, 0.6) is 0 Å². The molecule has 0 unspecified atom stereocenters. The van der Waals surface area contributed by atoms with E-state index >= 15 is 0 Å². The number of aromatic nitrogens is 2. The summed E-state index contributed by atoms with van der Waals surface area (Å²) in [5, 5.41) is 5.88. The van der Waals surface area contributed by atoms with E-state index in [-0.39, 0.29) is 11.0 Å². The number of halogens is 1. The molecule has 6 nitrogen and oxygen atoms in total. The number of hydrogen-bond donors (Lipinski definition) is 2. The predicted molar refractivity (Wildman–Crippen MR) is 69.1 cm³/mol. The van der Waals surface area contributed by atoms with Gasteiger partial charge in [0.05, 0.1) is 7.11 Å². The molecule has 1 heterocycles. The number of allylic oxidation sites excluding steroid dienone is 1. The third-order valence-electron chi connectivity index (χ3n) is 1.74. The summed E-state index contributed by atoms with van der Waals surface area (Å²) in [6.45, 7) is 1.89. The van der Waals surface area contributed by atoms with Crippen LogP contribution in [0.2, 0.25) is 5.15 Å². The minimum atomic E-state index is -0.642. The third-order valence-corrected chi connectivity index (χ3v) is 1.93. The van der Waals surface area contributed by atoms with Gasteiger partial charge in [-0.1, -0.05) is 17.7 Å². The largest absolute Gasteiger partial charge is 0.463 e. The molecule has 0 atom stereocenters. The fraction of sp³-hybridized carbons (Fsp3) is 0.182. The highest BCUT2D eigenvalue weighted by Gasteiger charge is 2.11. The molecule has 7 heteroatoms. The first-order valence-corrected chi connectivity index (χ1v) is 5.47. The van der Waals surface area contributed by atoms with Crippen molar-refractivity contribution < 1.29 is 9.53 Å². The maximum absolute atomic E-state index is 11.3. The second kappa shape index (κ2) is 7.29. The van der Waals surface area contributed by atoms with E-state index < -0.39 is 5.97 Å². The van der Waals surface area contributed by atoms with Crippen LogP contribution in [0.3, 0.4) is 0 Å².